The van der Waals surface area contributed by atoms with Crippen LogP contribution in [0.2, 0.25) is 0 Å². The van der Waals surface area contributed by atoms with Crippen molar-refractivity contribution in [2.45, 2.75) is 25.4 Å². The Balaban J connectivity index is 2.13. The second-order valence-electron chi connectivity index (χ2n) is 3.29. The number of hydrogen-bond acceptors (Lipinski definition) is 4. The van der Waals surface area contributed by atoms with E-state index in [1.54, 1.807) is 6.20 Å². The van der Waals surface area contributed by atoms with Crippen LogP contribution >= 0.6 is 0 Å². The molecule has 1 atom stereocenters. The third-order valence-electron chi connectivity index (χ3n) is 2.38. The molecule has 4 heteroatoms. The van der Waals surface area contributed by atoms with Crippen LogP contribution in [0.4, 0.5) is 0 Å². The molecule has 0 bridgehead atoms. The molecule has 0 spiro atoms. The first kappa shape index (κ1) is 8.72. The fraction of sp³-hybridized carbons (Fsp3) is 0.667. The van der Waals surface area contributed by atoms with E-state index < -0.39 is 0 Å². The van der Waals surface area contributed by atoms with Crippen molar-refractivity contribution in [2.75, 3.05) is 13.2 Å². The molecule has 0 aliphatic carbocycles. The van der Waals surface area contributed by atoms with E-state index >= 15 is 0 Å². The van der Waals surface area contributed by atoms with Gasteiger partial charge in [-0.1, -0.05) is 5.16 Å². The van der Waals surface area contributed by atoms with Gasteiger partial charge in [-0.05, 0) is 12.8 Å². The standard InChI is InChI=1S/C9H13NO3/c11-5-8-4-10-13-9(8)7-2-1-3-12-6-7/h4,7,11H,1-3,5-6H2. The van der Waals surface area contributed by atoms with Gasteiger partial charge in [0.15, 0.2) is 0 Å². The molecular formula is C9H13NO3. The van der Waals surface area contributed by atoms with E-state index in [1.165, 1.54) is 0 Å². The van der Waals surface area contributed by atoms with Crippen molar-refractivity contribution in [1.29, 1.82) is 0 Å². The van der Waals surface area contributed by atoms with Crippen LogP contribution in [0.5, 0.6) is 0 Å². The molecule has 1 aliphatic heterocycles. The molecular weight excluding hydrogens is 170 g/mol. The van der Waals surface area contributed by atoms with Gasteiger partial charge in [-0.2, -0.15) is 0 Å². The topological polar surface area (TPSA) is 55.5 Å². The maximum atomic E-state index is 9.00. The number of aromatic nitrogens is 1. The molecule has 1 aromatic heterocycles. The molecule has 4 nitrogen and oxygen atoms in total. The van der Waals surface area contributed by atoms with Crippen LogP contribution in [0.25, 0.3) is 0 Å². The van der Waals surface area contributed by atoms with Crippen LogP contribution < -0.4 is 0 Å². The van der Waals surface area contributed by atoms with Gasteiger partial charge in [0.25, 0.3) is 0 Å². The zero-order valence-electron chi connectivity index (χ0n) is 7.40. The largest absolute Gasteiger partial charge is 0.391 e. The highest BCUT2D eigenvalue weighted by Gasteiger charge is 2.22. The van der Waals surface area contributed by atoms with Gasteiger partial charge >= 0.3 is 0 Å². The third kappa shape index (κ3) is 1.73. The van der Waals surface area contributed by atoms with Crippen molar-refractivity contribution in [2.24, 2.45) is 0 Å². The fourth-order valence-corrected chi connectivity index (χ4v) is 1.67. The van der Waals surface area contributed by atoms with Crippen LogP contribution in [0, 0.1) is 0 Å². The summed E-state index contributed by atoms with van der Waals surface area (Å²) in [5, 5.41) is 12.7. The minimum atomic E-state index is -0.00463. The molecule has 13 heavy (non-hydrogen) atoms. The van der Waals surface area contributed by atoms with Gasteiger partial charge in [-0.25, -0.2) is 0 Å². The minimum absolute atomic E-state index is 0.00463. The van der Waals surface area contributed by atoms with Crippen molar-refractivity contribution in [3.63, 3.8) is 0 Å². The van der Waals surface area contributed by atoms with Gasteiger partial charge in [0.05, 0.1) is 19.4 Å². The summed E-state index contributed by atoms with van der Waals surface area (Å²) in [6.45, 7) is 1.51. The van der Waals surface area contributed by atoms with Gasteiger partial charge in [0, 0.05) is 18.1 Å². The highest BCUT2D eigenvalue weighted by atomic mass is 16.5. The van der Waals surface area contributed by atoms with Crippen LogP contribution in [0.3, 0.4) is 0 Å². The van der Waals surface area contributed by atoms with E-state index in [4.69, 9.17) is 14.4 Å². The Hall–Kier alpha value is -0.870. The number of rotatable bonds is 2. The van der Waals surface area contributed by atoms with Crippen molar-refractivity contribution >= 4 is 0 Å². The summed E-state index contributed by atoms with van der Waals surface area (Å²) in [7, 11) is 0. The second-order valence-corrected chi connectivity index (χ2v) is 3.29. The molecule has 72 valence electrons. The van der Waals surface area contributed by atoms with Crippen molar-refractivity contribution in [3.8, 4) is 0 Å². The third-order valence-corrected chi connectivity index (χ3v) is 2.38. The van der Waals surface area contributed by atoms with E-state index in [0.717, 1.165) is 30.8 Å². The summed E-state index contributed by atoms with van der Waals surface area (Å²) in [5.41, 5.74) is 0.788. The van der Waals surface area contributed by atoms with E-state index in [-0.39, 0.29) is 12.5 Å². The number of aliphatic hydroxyl groups excluding tert-OH is 1. The minimum Gasteiger partial charge on any atom is -0.391 e. The summed E-state index contributed by atoms with van der Waals surface area (Å²) < 4.78 is 10.4. The van der Waals surface area contributed by atoms with Crippen molar-refractivity contribution in [1.82, 2.24) is 5.16 Å². The highest BCUT2D eigenvalue weighted by Crippen LogP contribution is 2.27. The van der Waals surface area contributed by atoms with Gasteiger partial charge < -0.3 is 14.4 Å². The van der Waals surface area contributed by atoms with Crippen molar-refractivity contribution in [3.05, 3.63) is 17.5 Å². The maximum absolute atomic E-state index is 9.00. The Morgan fingerprint density at radius 3 is 3.23 bits per heavy atom. The smallest absolute Gasteiger partial charge is 0.147 e. The lowest BCUT2D eigenvalue weighted by atomic mass is 9.97. The van der Waals surface area contributed by atoms with Gasteiger partial charge in [-0.3, -0.25) is 0 Å². The first-order valence-corrected chi connectivity index (χ1v) is 4.54. The summed E-state index contributed by atoms with van der Waals surface area (Å²) in [6, 6.07) is 0. The van der Waals surface area contributed by atoms with E-state index in [9.17, 15) is 0 Å². The lowest BCUT2D eigenvalue weighted by Gasteiger charge is -2.20. The normalized spacial score (nSPS) is 23.3. The van der Waals surface area contributed by atoms with Gasteiger partial charge in [0.2, 0.25) is 0 Å². The monoisotopic (exact) mass is 183 g/mol. The van der Waals surface area contributed by atoms with Gasteiger partial charge in [0.1, 0.15) is 5.76 Å². The number of hydrogen-bond donors (Lipinski definition) is 1. The van der Waals surface area contributed by atoms with Crippen LogP contribution in [0.15, 0.2) is 10.7 Å². The molecule has 0 saturated carbocycles. The number of ether oxygens (including phenoxy) is 1. The lowest BCUT2D eigenvalue weighted by molar-refractivity contribution is 0.0712. The quantitative estimate of drug-likeness (QED) is 0.744. The molecule has 1 unspecified atom stereocenters. The van der Waals surface area contributed by atoms with Gasteiger partial charge in [-0.15, -0.1) is 0 Å². The maximum Gasteiger partial charge on any atom is 0.147 e. The van der Waals surface area contributed by atoms with E-state index in [2.05, 4.69) is 5.16 Å². The lowest BCUT2D eigenvalue weighted by Crippen LogP contribution is -2.16. The SMILES string of the molecule is OCc1cnoc1C1CCCOC1. The first-order chi connectivity index (χ1) is 6.42. The molecule has 1 aliphatic rings. The molecule has 1 fully saturated rings. The zero-order chi connectivity index (χ0) is 9.10. The molecule has 2 rings (SSSR count). The summed E-state index contributed by atoms with van der Waals surface area (Å²) >= 11 is 0. The summed E-state index contributed by atoms with van der Waals surface area (Å²) in [6.07, 6.45) is 3.68. The van der Waals surface area contributed by atoms with E-state index in [0.29, 0.717) is 6.61 Å². The molecule has 0 radical (unpaired) electrons. The Labute approximate surface area is 76.5 Å². The first-order valence-electron chi connectivity index (χ1n) is 4.54. The van der Waals surface area contributed by atoms with Crippen LogP contribution in [-0.4, -0.2) is 23.5 Å². The Kier molecular flexibility index (Phi) is 2.61. The molecule has 1 saturated heterocycles. The summed E-state index contributed by atoms with van der Waals surface area (Å²) in [4.78, 5) is 0. The average molecular weight is 183 g/mol. The predicted octanol–water partition coefficient (Wildman–Crippen LogP) is 1.06. The summed E-state index contributed by atoms with van der Waals surface area (Å²) in [5.74, 6) is 1.07. The van der Waals surface area contributed by atoms with Crippen molar-refractivity contribution < 1.29 is 14.4 Å². The van der Waals surface area contributed by atoms with Crippen LogP contribution in [0.1, 0.15) is 30.1 Å². The average Bonchev–Trinajstić information content (AvgIpc) is 2.67. The number of aliphatic hydroxyl groups is 1. The Morgan fingerprint density at radius 2 is 2.54 bits per heavy atom. The molecule has 0 amide bonds. The fourth-order valence-electron chi connectivity index (χ4n) is 1.67. The molecule has 2 heterocycles. The number of nitrogens with zero attached hydrogens (tertiary/aromatic N) is 1. The van der Waals surface area contributed by atoms with E-state index in [1.807, 2.05) is 0 Å². The molecule has 0 aromatic carbocycles. The van der Waals surface area contributed by atoms with Crippen LogP contribution in [-0.2, 0) is 11.3 Å². The highest BCUT2D eigenvalue weighted by molar-refractivity contribution is 5.17. The Bertz CT molecular complexity index is 266. The molecule has 1 N–H and O–H groups in total. The second kappa shape index (κ2) is 3.89. The Morgan fingerprint density at radius 1 is 1.62 bits per heavy atom. The predicted molar refractivity (Wildman–Crippen MR) is 45.2 cm³/mol. The molecule has 1 aromatic rings. The zero-order valence-corrected chi connectivity index (χ0v) is 7.40.